The van der Waals surface area contributed by atoms with Crippen LogP contribution in [0.25, 0.3) is 0 Å². The molecule has 1 aromatic carbocycles. The number of aryl methyl sites for hydroxylation is 2. The second-order valence-corrected chi connectivity index (χ2v) is 6.05. The molecule has 1 heterocycles. The van der Waals surface area contributed by atoms with Gasteiger partial charge >= 0.3 is 0 Å². The summed E-state index contributed by atoms with van der Waals surface area (Å²) in [5.41, 5.74) is 5.32. The molecule has 21 heavy (non-hydrogen) atoms. The third-order valence-corrected chi connectivity index (χ3v) is 4.47. The molecule has 0 unspecified atom stereocenters. The van der Waals surface area contributed by atoms with Crippen LogP contribution < -0.4 is 10.2 Å². The number of aromatic nitrogens is 1. The molecule has 0 atom stereocenters. The van der Waals surface area contributed by atoms with Crippen molar-refractivity contribution in [2.75, 3.05) is 12.0 Å². The monoisotopic (exact) mass is 301 g/mol. The van der Waals surface area contributed by atoms with Gasteiger partial charge in [-0.15, -0.1) is 11.3 Å². The summed E-state index contributed by atoms with van der Waals surface area (Å²) in [4.78, 5) is 6.01. The van der Waals surface area contributed by atoms with Gasteiger partial charge in [0.15, 0.2) is 0 Å². The van der Waals surface area contributed by atoms with E-state index in [1.165, 1.54) is 23.4 Å². The Kier molecular flexibility index (Phi) is 4.50. The van der Waals surface area contributed by atoms with Gasteiger partial charge in [-0.05, 0) is 62.4 Å². The lowest BCUT2D eigenvalue weighted by molar-refractivity contribution is 0.340. The molecule has 3 rings (SSSR count). The Morgan fingerprint density at radius 1 is 1.29 bits per heavy atom. The summed E-state index contributed by atoms with van der Waals surface area (Å²) >= 11 is 1.72. The minimum Gasteiger partial charge on any atom is -0.494 e. The number of hydrogen-bond donors (Lipinski definition) is 1. The molecule has 2 aromatic rings. The lowest BCUT2D eigenvalue weighted by atomic mass is 10.0. The molecule has 0 aliphatic heterocycles. The van der Waals surface area contributed by atoms with Gasteiger partial charge in [0.25, 0.3) is 0 Å². The molecule has 0 amide bonds. The van der Waals surface area contributed by atoms with Crippen LogP contribution in [-0.2, 0) is 12.8 Å². The zero-order valence-corrected chi connectivity index (χ0v) is 12.9. The van der Waals surface area contributed by atoms with Crippen LogP contribution in [0.4, 0.5) is 5.13 Å². The van der Waals surface area contributed by atoms with E-state index in [-0.39, 0.29) is 0 Å². The van der Waals surface area contributed by atoms with E-state index < -0.39 is 0 Å². The molecule has 1 aromatic heterocycles. The summed E-state index contributed by atoms with van der Waals surface area (Å²) in [6.45, 7) is 2.66. The maximum Gasteiger partial charge on any atom is 0.203 e. The minimum absolute atomic E-state index is 0.684. The Bertz CT molecular complexity index is 595. The fraction of sp³-hybridized carbons (Fsp3) is 0.375. The SMILES string of the molecule is CCOc1ccc(/C=N\Nc2nc3c(s2)CCCC3)cc1. The Hall–Kier alpha value is -1.88. The van der Waals surface area contributed by atoms with Crippen molar-refractivity contribution in [3.05, 3.63) is 40.4 Å². The second kappa shape index (κ2) is 6.72. The number of ether oxygens (including phenoxy) is 1. The van der Waals surface area contributed by atoms with Gasteiger partial charge in [0.1, 0.15) is 5.75 Å². The highest BCUT2D eigenvalue weighted by atomic mass is 32.1. The fourth-order valence-electron chi connectivity index (χ4n) is 2.38. The number of anilines is 1. The van der Waals surface area contributed by atoms with Gasteiger partial charge in [0.05, 0.1) is 18.5 Å². The molecular formula is C16H19N3OS. The van der Waals surface area contributed by atoms with Crippen LogP contribution in [0.1, 0.15) is 35.9 Å². The molecule has 0 saturated heterocycles. The summed E-state index contributed by atoms with van der Waals surface area (Å²) < 4.78 is 5.41. The molecule has 0 fully saturated rings. The number of fused-ring (bicyclic) bond motifs is 1. The van der Waals surface area contributed by atoms with Gasteiger partial charge < -0.3 is 4.74 Å². The predicted octanol–water partition coefficient (Wildman–Crippen LogP) is 3.87. The van der Waals surface area contributed by atoms with Crippen LogP contribution in [0, 0.1) is 0 Å². The minimum atomic E-state index is 0.684. The molecule has 1 aliphatic carbocycles. The number of nitrogens with one attached hydrogen (secondary N) is 1. The van der Waals surface area contributed by atoms with E-state index in [1.54, 1.807) is 17.6 Å². The molecule has 4 nitrogen and oxygen atoms in total. The summed E-state index contributed by atoms with van der Waals surface area (Å²) in [7, 11) is 0. The smallest absolute Gasteiger partial charge is 0.203 e. The summed E-state index contributed by atoms with van der Waals surface area (Å²) in [5, 5.41) is 5.16. The average Bonchev–Trinajstić information content (AvgIpc) is 2.92. The van der Waals surface area contributed by atoms with E-state index in [4.69, 9.17) is 4.74 Å². The summed E-state index contributed by atoms with van der Waals surface area (Å²) in [6, 6.07) is 7.88. The zero-order chi connectivity index (χ0) is 14.5. The first-order chi connectivity index (χ1) is 10.3. The highest BCUT2D eigenvalue weighted by Crippen LogP contribution is 2.29. The first-order valence-electron chi connectivity index (χ1n) is 7.35. The van der Waals surface area contributed by atoms with Crippen molar-refractivity contribution < 1.29 is 4.74 Å². The van der Waals surface area contributed by atoms with Crippen molar-refractivity contribution in [3.8, 4) is 5.75 Å². The highest BCUT2D eigenvalue weighted by Gasteiger charge is 2.14. The normalized spacial score (nSPS) is 14.1. The standard InChI is InChI=1S/C16H19N3OS/c1-2-20-13-9-7-12(8-10-13)11-17-19-16-18-14-5-3-4-6-15(14)21-16/h7-11H,2-6H2,1H3,(H,18,19)/b17-11-. The highest BCUT2D eigenvalue weighted by molar-refractivity contribution is 7.15. The first kappa shape index (κ1) is 14.1. The quantitative estimate of drug-likeness (QED) is 0.673. The van der Waals surface area contributed by atoms with Crippen molar-refractivity contribution in [2.45, 2.75) is 32.6 Å². The molecule has 5 heteroatoms. The molecule has 0 radical (unpaired) electrons. The van der Waals surface area contributed by atoms with Gasteiger partial charge in [-0.2, -0.15) is 5.10 Å². The third kappa shape index (κ3) is 3.61. The first-order valence-corrected chi connectivity index (χ1v) is 8.17. The number of hydrazone groups is 1. The number of benzene rings is 1. The van der Waals surface area contributed by atoms with Crippen LogP contribution in [-0.4, -0.2) is 17.8 Å². The maximum atomic E-state index is 5.41. The van der Waals surface area contributed by atoms with E-state index in [2.05, 4.69) is 15.5 Å². The molecule has 1 aliphatic rings. The lowest BCUT2D eigenvalue weighted by Gasteiger charge is -2.06. The number of thiazole rings is 1. The average molecular weight is 301 g/mol. The molecule has 0 saturated carbocycles. The predicted molar refractivity (Wildman–Crippen MR) is 87.6 cm³/mol. The van der Waals surface area contributed by atoms with Gasteiger partial charge in [-0.1, -0.05) is 0 Å². The van der Waals surface area contributed by atoms with Crippen molar-refractivity contribution in [1.29, 1.82) is 0 Å². The van der Waals surface area contributed by atoms with E-state index in [1.807, 2.05) is 31.2 Å². The van der Waals surface area contributed by atoms with Crippen molar-refractivity contribution in [3.63, 3.8) is 0 Å². The number of hydrogen-bond acceptors (Lipinski definition) is 5. The Labute approximate surface area is 128 Å². The lowest BCUT2D eigenvalue weighted by Crippen LogP contribution is -1.99. The van der Waals surface area contributed by atoms with E-state index in [0.717, 1.165) is 29.3 Å². The summed E-state index contributed by atoms with van der Waals surface area (Å²) in [5.74, 6) is 0.884. The van der Waals surface area contributed by atoms with E-state index in [9.17, 15) is 0 Å². The molecule has 1 N–H and O–H groups in total. The van der Waals surface area contributed by atoms with Crippen LogP contribution in [0.2, 0.25) is 0 Å². The molecule has 0 spiro atoms. The van der Waals surface area contributed by atoms with E-state index >= 15 is 0 Å². The Morgan fingerprint density at radius 3 is 2.86 bits per heavy atom. The topological polar surface area (TPSA) is 46.5 Å². The van der Waals surface area contributed by atoms with Gasteiger partial charge in [-0.3, -0.25) is 5.43 Å². The zero-order valence-electron chi connectivity index (χ0n) is 12.1. The summed E-state index contributed by atoms with van der Waals surface area (Å²) in [6.07, 6.45) is 6.61. The van der Waals surface area contributed by atoms with E-state index in [0.29, 0.717) is 6.61 Å². The van der Waals surface area contributed by atoms with Crippen molar-refractivity contribution in [1.82, 2.24) is 4.98 Å². The number of nitrogens with zero attached hydrogens (tertiary/aromatic N) is 2. The van der Waals surface area contributed by atoms with Crippen molar-refractivity contribution in [2.24, 2.45) is 5.10 Å². The molecule has 110 valence electrons. The Morgan fingerprint density at radius 2 is 2.10 bits per heavy atom. The van der Waals surface area contributed by atoms with Crippen molar-refractivity contribution >= 4 is 22.7 Å². The van der Waals surface area contributed by atoms with Crippen LogP contribution in [0.15, 0.2) is 29.4 Å². The second-order valence-electron chi connectivity index (χ2n) is 4.97. The Balaban J connectivity index is 1.60. The fourth-order valence-corrected chi connectivity index (χ4v) is 3.38. The van der Waals surface area contributed by atoms with Crippen LogP contribution in [0.3, 0.4) is 0 Å². The van der Waals surface area contributed by atoms with Crippen LogP contribution >= 0.6 is 11.3 Å². The van der Waals surface area contributed by atoms with Gasteiger partial charge in [0, 0.05) is 4.88 Å². The van der Waals surface area contributed by atoms with Gasteiger partial charge in [-0.25, -0.2) is 4.98 Å². The third-order valence-electron chi connectivity index (χ3n) is 3.41. The maximum absolute atomic E-state index is 5.41. The number of rotatable bonds is 5. The molecule has 0 bridgehead atoms. The van der Waals surface area contributed by atoms with Gasteiger partial charge in [0.2, 0.25) is 5.13 Å². The largest absolute Gasteiger partial charge is 0.494 e. The molecular weight excluding hydrogens is 282 g/mol. The van der Waals surface area contributed by atoms with Crippen LogP contribution in [0.5, 0.6) is 5.75 Å².